The minimum absolute atomic E-state index is 0.105. The van der Waals surface area contributed by atoms with E-state index in [0.29, 0.717) is 0 Å². The van der Waals surface area contributed by atoms with Crippen molar-refractivity contribution in [1.82, 2.24) is 0 Å². The van der Waals surface area contributed by atoms with Gasteiger partial charge in [0.25, 0.3) is 5.97 Å². The second-order valence-electron chi connectivity index (χ2n) is 3.85. The summed E-state index contributed by atoms with van der Waals surface area (Å²) in [6.45, 7) is 3.29. The van der Waals surface area contributed by atoms with Crippen molar-refractivity contribution in [2.24, 2.45) is 0 Å². The highest BCUT2D eigenvalue weighted by Gasteiger charge is 2.14. The SMILES string of the molecule is CC(=O)O.CCCCCC1=CCCC1O. The Morgan fingerprint density at radius 2 is 2.13 bits per heavy atom. The zero-order valence-electron chi connectivity index (χ0n) is 9.70. The molecule has 0 spiro atoms. The largest absolute Gasteiger partial charge is 0.481 e. The lowest BCUT2D eigenvalue weighted by Gasteiger charge is -2.06. The van der Waals surface area contributed by atoms with E-state index < -0.39 is 5.97 Å². The fourth-order valence-corrected chi connectivity index (χ4v) is 1.60. The monoisotopic (exact) mass is 214 g/mol. The van der Waals surface area contributed by atoms with Crippen LogP contribution in [-0.2, 0) is 4.79 Å². The number of hydrogen-bond acceptors (Lipinski definition) is 2. The minimum atomic E-state index is -0.833. The predicted octanol–water partition coefficient (Wildman–Crippen LogP) is 2.74. The van der Waals surface area contributed by atoms with Crippen molar-refractivity contribution in [2.75, 3.05) is 0 Å². The summed E-state index contributed by atoms with van der Waals surface area (Å²) in [5.41, 5.74) is 1.29. The minimum Gasteiger partial charge on any atom is -0.481 e. The predicted molar refractivity (Wildman–Crippen MR) is 60.8 cm³/mol. The number of carboxylic acid groups (broad SMARTS) is 1. The van der Waals surface area contributed by atoms with Crippen molar-refractivity contribution < 1.29 is 15.0 Å². The second kappa shape index (κ2) is 8.48. The zero-order valence-corrected chi connectivity index (χ0v) is 9.70. The van der Waals surface area contributed by atoms with Gasteiger partial charge in [0.15, 0.2) is 0 Å². The van der Waals surface area contributed by atoms with Crippen LogP contribution in [0.15, 0.2) is 11.6 Å². The normalized spacial score (nSPS) is 19.1. The van der Waals surface area contributed by atoms with Crippen LogP contribution in [0.5, 0.6) is 0 Å². The molecule has 0 aromatic carbocycles. The molecule has 0 amide bonds. The van der Waals surface area contributed by atoms with Crippen LogP contribution >= 0.6 is 0 Å². The first-order chi connectivity index (χ1) is 7.07. The molecule has 3 nitrogen and oxygen atoms in total. The van der Waals surface area contributed by atoms with E-state index >= 15 is 0 Å². The molecule has 0 aromatic rings. The maximum absolute atomic E-state index is 9.42. The Labute approximate surface area is 91.8 Å². The summed E-state index contributed by atoms with van der Waals surface area (Å²) in [5.74, 6) is -0.833. The average molecular weight is 214 g/mol. The number of aliphatic hydroxyl groups excluding tert-OH is 1. The molecule has 0 saturated heterocycles. The standard InChI is InChI=1S/C10H18O.C2H4O2/c1-2-3-4-6-9-7-5-8-10(9)11;1-2(3)4/h7,10-11H,2-6,8H2,1H3;1H3,(H,3,4). The Balaban J connectivity index is 0.000000423. The smallest absolute Gasteiger partial charge is 0.300 e. The van der Waals surface area contributed by atoms with E-state index in [0.717, 1.165) is 26.2 Å². The molecule has 0 aliphatic heterocycles. The Hall–Kier alpha value is -0.830. The van der Waals surface area contributed by atoms with Crippen molar-refractivity contribution >= 4 is 5.97 Å². The van der Waals surface area contributed by atoms with Crippen LogP contribution in [0.25, 0.3) is 0 Å². The van der Waals surface area contributed by atoms with Crippen molar-refractivity contribution in [3.05, 3.63) is 11.6 Å². The van der Waals surface area contributed by atoms with Crippen LogP contribution in [0.1, 0.15) is 52.4 Å². The average Bonchev–Trinajstić information content (AvgIpc) is 2.51. The molecule has 15 heavy (non-hydrogen) atoms. The molecular weight excluding hydrogens is 192 g/mol. The summed E-state index contributed by atoms with van der Waals surface area (Å²) in [6, 6.07) is 0. The molecule has 0 heterocycles. The van der Waals surface area contributed by atoms with Crippen LogP contribution in [0.4, 0.5) is 0 Å². The van der Waals surface area contributed by atoms with Gasteiger partial charge in [0.1, 0.15) is 0 Å². The quantitative estimate of drug-likeness (QED) is 0.559. The van der Waals surface area contributed by atoms with E-state index in [2.05, 4.69) is 13.0 Å². The van der Waals surface area contributed by atoms with Gasteiger partial charge in [-0.1, -0.05) is 25.8 Å². The van der Waals surface area contributed by atoms with Gasteiger partial charge in [-0.25, -0.2) is 0 Å². The van der Waals surface area contributed by atoms with Crippen molar-refractivity contribution in [2.45, 2.75) is 58.5 Å². The van der Waals surface area contributed by atoms with Gasteiger partial charge in [0, 0.05) is 6.92 Å². The Morgan fingerprint density at radius 1 is 1.53 bits per heavy atom. The van der Waals surface area contributed by atoms with E-state index in [9.17, 15) is 5.11 Å². The first-order valence-electron chi connectivity index (χ1n) is 5.64. The van der Waals surface area contributed by atoms with Crippen LogP contribution in [0.2, 0.25) is 0 Å². The molecule has 88 valence electrons. The number of carboxylic acids is 1. The van der Waals surface area contributed by atoms with Crippen molar-refractivity contribution in [3.63, 3.8) is 0 Å². The second-order valence-corrected chi connectivity index (χ2v) is 3.85. The summed E-state index contributed by atoms with van der Waals surface area (Å²) in [7, 11) is 0. The van der Waals surface area contributed by atoms with Gasteiger partial charge in [-0.05, 0) is 31.3 Å². The van der Waals surface area contributed by atoms with E-state index in [1.54, 1.807) is 0 Å². The summed E-state index contributed by atoms with van der Waals surface area (Å²) < 4.78 is 0. The Kier molecular flexibility index (Phi) is 8.01. The number of allylic oxidation sites excluding steroid dienone is 1. The fourth-order valence-electron chi connectivity index (χ4n) is 1.60. The number of rotatable bonds is 4. The third-order valence-corrected chi connectivity index (χ3v) is 2.34. The van der Waals surface area contributed by atoms with Crippen LogP contribution in [-0.4, -0.2) is 22.3 Å². The molecule has 1 unspecified atom stereocenters. The van der Waals surface area contributed by atoms with Gasteiger partial charge < -0.3 is 10.2 Å². The fraction of sp³-hybridized carbons (Fsp3) is 0.750. The molecule has 0 radical (unpaired) electrons. The molecule has 0 bridgehead atoms. The lowest BCUT2D eigenvalue weighted by molar-refractivity contribution is -0.134. The lowest BCUT2D eigenvalue weighted by Crippen LogP contribution is -2.04. The summed E-state index contributed by atoms with van der Waals surface area (Å²) in [4.78, 5) is 9.00. The number of carbonyl (C=O) groups is 1. The highest BCUT2D eigenvalue weighted by molar-refractivity contribution is 5.62. The van der Waals surface area contributed by atoms with Gasteiger partial charge in [-0.15, -0.1) is 0 Å². The molecule has 0 aromatic heterocycles. The number of hydrogen-bond donors (Lipinski definition) is 2. The van der Waals surface area contributed by atoms with Crippen LogP contribution in [0, 0.1) is 0 Å². The van der Waals surface area contributed by atoms with E-state index in [1.165, 1.54) is 24.8 Å². The van der Waals surface area contributed by atoms with E-state index in [-0.39, 0.29) is 6.10 Å². The molecule has 1 atom stereocenters. The zero-order chi connectivity index (χ0) is 11.7. The molecular formula is C12H22O3. The highest BCUT2D eigenvalue weighted by Crippen LogP contribution is 2.23. The molecule has 0 saturated carbocycles. The highest BCUT2D eigenvalue weighted by atomic mass is 16.4. The summed E-state index contributed by atoms with van der Waals surface area (Å²) in [5, 5.41) is 16.8. The summed E-state index contributed by atoms with van der Waals surface area (Å²) >= 11 is 0. The first kappa shape index (κ1) is 14.2. The molecule has 3 heteroatoms. The van der Waals surface area contributed by atoms with E-state index in [4.69, 9.17) is 9.90 Å². The summed E-state index contributed by atoms with van der Waals surface area (Å²) in [6.07, 6.45) is 9.08. The number of aliphatic hydroxyl groups is 1. The van der Waals surface area contributed by atoms with Crippen LogP contribution in [0.3, 0.4) is 0 Å². The number of aliphatic carboxylic acids is 1. The van der Waals surface area contributed by atoms with Gasteiger partial charge >= 0.3 is 0 Å². The maximum atomic E-state index is 9.42. The third-order valence-electron chi connectivity index (χ3n) is 2.34. The molecule has 1 aliphatic carbocycles. The maximum Gasteiger partial charge on any atom is 0.300 e. The van der Waals surface area contributed by atoms with Gasteiger partial charge in [0.2, 0.25) is 0 Å². The molecule has 1 rings (SSSR count). The van der Waals surface area contributed by atoms with Crippen LogP contribution < -0.4 is 0 Å². The van der Waals surface area contributed by atoms with Gasteiger partial charge in [-0.2, -0.15) is 0 Å². The third kappa shape index (κ3) is 8.18. The lowest BCUT2D eigenvalue weighted by atomic mass is 10.1. The first-order valence-corrected chi connectivity index (χ1v) is 5.64. The topological polar surface area (TPSA) is 57.5 Å². The van der Waals surface area contributed by atoms with Gasteiger partial charge in [-0.3, -0.25) is 4.79 Å². The van der Waals surface area contributed by atoms with Gasteiger partial charge in [0.05, 0.1) is 6.10 Å². The molecule has 1 aliphatic rings. The Bertz CT molecular complexity index is 205. The molecule has 0 fully saturated rings. The van der Waals surface area contributed by atoms with E-state index in [1.807, 2.05) is 0 Å². The Morgan fingerprint density at radius 3 is 2.53 bits per heavy atom. The van der Waals surface area contributed by atoms with Crippen molar-refractivity contribution in [3.8, 4) is 0 Å². The number of unbranched alkanes of at least 4 members (excludes halogenated alkanes) is 2. The van der Waals surface area contributed by atoms with Crippen molar-refractivity contribution in [1.29, 1.82) is 0 Å². The molecule has 2 N–H and O–H groups in total.